The topological polar surface area (TPSA) is 224 Å². The summed E-state index contributed by atoms with van der Waals surface area (Å²) in [5.41, 5.74) is 10.6. The van der Waals surface area contributed by atoms with E-state index in [4.69, 9.17) is 11.5 Å². The molecular weight excluding hydrogens is 388 g/mol. The summed E-state index contributed by atoms with van der Waals surface area (Å²) in [6.07, 6.45) is 2.76. The first kappa shape index (κ1) is 23.5. The normalized spacial score (nSPS) is 11.2. The number of imidazole rings is 1. The molecule has 0 bridgehead atoms. The molecule has 160 valence electrons. The van der Waals surface area contributed by atoms with Crippen molar-refractivity contribution in [2.24, 2.45) is 11.5 Å². The third-order valence-electron chi connectivity index (χ3n) is 3.46. The van der Waals surface area contributed by atoms with E-state index in [0.717, 1.165) is 0 Å². The number of amides is 4. The molecule has 0 spiro atoms. The van der Waals surface area contributed by atoms with E-state index in [1.807, 2.05) is 0 Å². The highest BCUT2D eigenvalue weighted by atomic mass is 16.4. The van der Waals surface area contributed by atoms with Gasteiger partial charge in [-0.1, -0.05) is 0 Å². The van der Waals surface area contributed by atoms with Crippen molar-refractivity contribution in [2.45, 2.75) is 19.1 Å². The average molecular weight is 412 g/mol. The minimum Gasteiger partial charge on any atom is -0.480 e. The Hall–Kier alpha value is -3.52. The molecule has 9 N–H and O–H groups in total. The van der Waals surface area contributed by atoms with Gasteiger partial charge in [0.15, 0.2) is 0 Å². The van der Waals surface area contributed by atoms with Gasteiger partial charge in [-0.2, -0.15) is 0 Å². The molecule has 0 aliphatic rings. The fourth-order valence-corrected chi connectivity index (χ4v) is 2.00. The van der Waals surface area contributed by atoms with Crippen molar-refractivity contribution in [3.8, 4) is 0 Å². The lowest BCUT2D eigenvalue weighted by Crippen LogP contribution is -2.47. The van der Waals surface area contributed by atoms with Gasteiger partial charge >= 0.3 is 5.97 Å². The van der Waals surface area contributed by atoms with Crippen LogP contribution in [0.3, 0.4) is 0 Å². The molecule has 29 heavy (non-hydrogen) atoms. The lowest BCUT2D eigenvalue weighted by molar-refractivity contribution is -0.141. The van der Waals surface area contributed by atoms with Crippen LogP contribution in [0, 0.1) is 0 Å². The highest BCUT2D eigenvalue weighted by Gasteiger charge is 2.21. The maximum Gasteiger partial charge on any atom is 0.326 e. The Morgan fingerprint density at radius 3 is 2.10 bits per heavy atom. The molecule has 0 saturated heterocycles. The van der Waals surface area contributed by atoms with Crippen LogP contribution in [0.4, 0.5) is 0 Å². The quantitative estimate of drug-likeness (QED) is 0.175. The summed E-state index contributed by atoms with van der Waals surface area (Å²) in [7, 11) is 0. The Labute approximate surface area is 165 Å². The molecule has 1 rings (SSSR count). The van der Waals surface area contributed by atoms with Crippen LogP contribution in [0.25, 0.3) is 0 Å². The lowest BCUT2D eigenvalue weighted by atomic mass is 10.1. The molecule has 0 radical (unpaired) electrons. The fourth-order valence-electron chi connectivity index (χ4n) is 2.00. The van der Waals surface area contributed by atoms with Crippen LogP contribution in [0.1, 0.15) is 5.69 Å². The number of carbonyl (C=O) groups is 5. The number of nitrogens with zero attached hydrogens (tertiary/aromatic N) is 2. The number of hydrogen-bond donors (Lipinski definition) is 7. The first-order valence-electron chi connectivity index (χ1n) is 8.48. The highest BCUT2D eigenvalue weighted by Crippen LogP contribution is 2.01. The van der Waals surface area contributed by atoms with E-state index in [-0.39, 0.29) is 32.7 Å². The van der Waals surface area contributed by atoms with Crippen LogP contribution in [0.2, 0.25) is 0 Å². The first-order chi connectivity index (χ1) is 13.7. The molecule has 1 unspecified atom stereocenters. The largest absolute Gasteiger partial charge is 0.480 e. The summed E-state index contributed by atoms with van der Waals surface area (Å²) in [6.45, 7) is -1.10. The Bertz CT molecular complexity index is 749. The molecule has 1 atom stereocenters. The van der Waals surface area contributed by atoms with Crippen molar-refractivity contribution in [3.05, 3.63) is 18.2 Å². The molecule has 1 aromatic rings. The maximum absolute atomic E-state index is 11.7. The number of carbonyl (C=O) groups excluding carboxylic acids is 4. The fraction of sp³-hybridized carbons (Fsp3) is 0.467. The van der Waals surface area contributed by atoms with Crippen LogP contribution in [0.5, 0.6) is 0 Å². The van der Waals surface area contributed by atoms with Crippen molar-refractivity contribution in [3.63, 3.8) is 0 Å². The van der Waals surface area contributed by atoms with Gasteiger partial charge in [-0.15, -0.1) is 0 Å². The molecular formula is C15H24N8O6. The summed E-state index contributed by atoms with van der Waals surface area (Å²) >= 11 is 0. The molecule has 4 amide bonds. The SMILES string of the molecule is NCC(=O)NCC(=O)NCn1cnc(CC(NC(=O)CNC(=O)CN)C(=O)O)c1. The zero-order valence-electron chi connectivity index (χ0n) is 15.5. The molecule has 1 aromatic heterocycles. The zero-order chi connectivity index (χ0) is 21.8. The second-order valence-corrected chi connectivity index (χ2v) is 5.76. The molecule has 0 aromatic carbocycles. The Kier molecular flexibility index (Phi) is 9.76. The van der Waals surface area contributed by atoms with E-state index in [1.54, 1.807) is 0 Å². The molecule has 0 aliphatic carbocycles. The second-order valence-electron chi connectivity index (χ2n) is 5.76. The smallest absolute Gasteiger partial charge is 0.326 e. The van der Waals surface area contributed by atoms with Crippen molar-refractivity contribution in [1.82, 2.24) is 30.8 Å². The van der Waals surface area contributed by atoms with E-state index in [1.165, 1.54) is 17.1 Å². The predicted octanol–water partition coefficient (Wildman–Crippen LogP) is -4.78. The standard InChI is InChI=1S/C15H24N8O6/c16-2-11(24)18-4-13(26)21-8-23-6-9(20-7-23)1-10(15(28)29)22-14(27)5-19-12(25)3-17/h6-7,10H,1-5,8,16-17H2,(H,18,24)(H,19,25)(H,21,26)(H,22,27)(H,28,29). The van der Waals surface area contributed by atoms with E-state index in [2.05, 4.69) is 26.3 Å². The summed E-state index contributed by atoms with van der Waals surface area (Å²) in [4.78, 5) is 60.7. The van der Waals surface area contributed by atoms with Gasteiger partial charge in [0.25, 0.3) is 0 Å². The van der Waals surface area contributed by atoms with E-state index >= 15 is 0 Å². The lowest BCUT2D eigenvalue weighted by Gasteiger charge is -2.13. The summed E-state index contributed by atoms with van der Waals surface area (Å²) in [5, 5.41) is 18.6. The maximum atomic E-state index is 11.7. The number of carboxylic acid groups (broad SMARTS) is 1. The van der Waals surface area contributed by atoms with Crippen LogP contribution in [0.15, 0.2) is 12.5 Å². The summed E-state index contributed by atoms with van der Waals surface area (Å²) in [6, 6.07) is -1.26. The van der Waals surface area contributed by atoms with Gasteiger partial charge in [0.2, 0.25) is 23.6 Å². The second kappa shape index (κ2) is 12.0. The molecule has 14 nitrogen and oxygen atoms in total. The number of aromatic nitrogens is 2. The van der Waals surface area contributed by atoms with Gasteiger partial charge < -0.3 is 42.4 Å². The monoisotopic (exact) mass is 412 g/mol. The van der Waals surface area contributed by atoms with E-state index in [0.29, 0.717) is 5.69 Å². The van der Waals surface area contributed by atoms with E-state index < -0.39 is 42.2 Å². The number of nitrogens with one attached hydrogen (secondary N) is 4. The van der Waals surface area contributed by atoms with Crippen LogP contribution in [-0.4, -0.2) is 76.5 Å². The Morgan fingerprint density at radius 2 is 1.55 bits per heavy atom. The number of aliphatic carboxylic acids is 1. The number of carboxylic acids is 1. The van der Waals surface area contributed by atoms with Crippen LogP contribution < -0.4 is 32.7 Å². The van der Waals surface area contributed by atoms with Gasteiger partial charge in [-0.05, 0) is 0 Å². The van der Waals surface area contributed by atoms with Gasteiger partial charge in [-0.25, -0.2) is 9.78 Å². The third kappa shape index (κ3) is 9.30. The minimum absolute atomic E-state index is 0.0412. The summed E-state index contributed by atoms with van der Waals surface area (Å²) < 4.78 is 1.49. The van der Waals surface area contributed by atoms with E-state index in [9.17, 15) is 29.1 Å². The molecule has 0 fully saturated rings. The Balaban J connectivity index is 2.50. The van der Waals surface area contributed by atoms with Gasteiger partial charge in [0.05, 0.1) is 44.9 Å². The molecule has 0 saturated carbocycles. The third-order valence-corrected chi connectivity index (χ3v) is 3.46. The number of rotatable bonds is 12. The number of nitrogens with two attached hydrogens (primary N) is 2. The average Bonchev–Trinajstić information content (AvgIpc) is 3.15. The predicted molar refractivity (Wildman–Crippen MR) is 97.8 cm³/mol. The van der Waals surface area contributed by atoms with Crippen molar-refractivity contribution < 1.29 is 29.1 Å². The van der Waals surface area contributed by atoms with Crippen LogP contribution >= 0.6 is 0 Å². The van der Waals surface area contributed by atoms with Gasteiger partial charge in [0, 0.05) is 12.6 Å². The summed E-state index contributed by atoms with van der Waals surface area (Å²) in [5.74, 6) is -3.42. The van der Waals surface area contributed by atoms with Crippen molar-refractivity contribution in [2.75, 3.05) is 26.2 Å². The van der Waals surface area contributed by atoms with Crippen LogP contribution in [-0.2, 0) is 37.1 Å². The highest BCUT2D eigenvalue weighted by molar-refractivity contribution is 5.88. The molecule has 0 aliphatic heterocycles. The molecule has 14 heteroatoms. The van der Waals surface area contributed by atoms with Crippen molar-refractivity contribution in [1.29, 1.82) is 0 Å². The number of hydrogen-bond acceptors (Lipinski definition) is 8. The Morgan fingerprint density at radius 1 is 0.966 bits per heavy atom. The molecule has 1 heterocycles. The van der Waals surface area contributed by atoms with Gasteiger partial charge in [-0.3, -0.25) is 19.2 Å². The van der Waals surface area contributed by atoms with Gasteiger partial charge in [0.1, 0.15) is 6.04 Å². The first-order valence-corrected chi connectivity index (χ1v) is 8.48. The van der Waals surface area contributed by atoms with Crippen molar-refractivity contribution >= 4 is 29.6 Å². The minimum atomic E-state index is -1.28. The zero-order valence-corrected chi connectivity index (χ0v) is 15.5.